The molecule has 2 amide bonds. The fourth-order valence-electron chi connectivity index (χ4n) is 4.64. The van der Waals surface area contributed by atoms with Gasteiger partial charge in [-0.15, -0.1) is 0 Å². The number of amides is 2. The van der Waals surface area contributed by atoms with E-state index in [0.717, 1.165) is 16.5 Å². The monoisotopic (exact) mass is 490 g/mol. The molecule has 2 aromatic carbocycles. The minimum absolute atomic E-state index is 0.0231. The molecule has 0 N–H and O–H groups in total. The van der Waals surface area contributed by atoms with Gasteiger partial charge in [0.05, 0.1) is 37.5 Å². The summed E-state index contributed by atoms with van der Waals surface area (Å²) in [5.41, 5.74) is 2.92. The lowest BCUT2D eigenvalue weighted by Crippen LogP contribution is -2.51. The van der Waals surface area contributed by atoms with E-state index in [-0.39, 0.29) is 11.8 Å². The van der Waals surface area contributed by atoms with E-state index >= 15 is 0 Å². The van der Waals surface area contributed by atoms with Crippen LogP contribution in [0.4, 0.5) is 0 Å². The molecule has 1 saturated heterocycles. The second-order valence-electron chi connectivity index (χ2n) is 8.78. The van der Waals surface area contributed by atoms with Crippen LogP contribution >= 0.6 is 0 Å². The number of aromatic nitrogens is 1. The SMILES string of the molecule is CCN(CC)C(=O)CN1CCN(C(=O)c2cc(-c3ccc(OC)c(OC)c3)nc3ccccc23)CC1. The lowest BCUT2D eigenvalue weighted by atomic mass is 10.0. The van der Waals surface area contributed by atoms with Crippen LogP contribution in [-0.4, -0.2) is 91.5 Å². The number of carbonyl (C=O) groups is 2. The van der Waals surface area contributed by atoms with Crippen LogP contribution in [0.3, 0.4) is 0 Å². The molecule has 0 aliphatic carbocycles. The quantitative estimate of drug-likeness (QED) is 0.481. The van der Waals surface area contributed by atoms with E-state index in [1.165, 1.54) is 0 Å². The second-order valence-corrected chi connectivity index (χ2v) is 8.78. The minimum Gasteiger partial charge on any atom is -0.493 e. The highest BCUT2D eigenvalue weighted by Gasteiger charge is 2.26. The maximum absolute atomic E-state index is 13.7. The zero-order valence-corrected chi connectivity index (χ0v) is 21.5. The maximum Gasteiger partial charge on any atom is 0.254 e. The lowest BCUT2D eigenvalue weighted by molar-refractivity contribution is -0.132. The van der Waals surface area contributed by atoms with Gasteiger partial charge in [-0.3, -0.25) is 14.5 Å². The van der Waals surface area contributed by atoms with Gasteiger partial charge in [-0.2, -0.15) is 0 Å². The summed E-state index contributed by atoms with van der Waals surface area (Å²) >= 11 is 0. The molecule has 0 bridgehead atoms. The maximum atomic E-state index is 13.7. The minimum atomic E-state index is -0.0231. The first-order valence-electron chi connectivity index (χ1n) is 12.4. The van der Waals surface area contributed by atoms with E-state index in [0.29, 0.717) is 68.6 Å². The van der Waals surface area contributed by atoms with Crippen LogP contribution in [-0.2, 0) is 4.79 Å². The van der Waals surface area contributed by atoms with Crippen LogP contribution < -0.4 is 9.47 Å². The van der Waals surface area contributed by atoms with Gasteiger partial charge in [0.2, 0.25) is 5.91 Å². The lowest BCUT2D eigenvalue weighted by Gasteiger charge is -2.35. The Kier molecular flexibility index (Phi) is 8.05. The molecular formula is C28H34N4O4. The van der Waals surface area contributed by atoms with E-state index in [4.69, 9.17) is 14.5 Å². The standard InChI is InChI=1S/C28H34N4O4/c1-5-31(6-2)27(33)19-30-13-15-32(16-14-30)28(34)22-18-24(29-23-10-8-7-9-21(22)23)20-11-12-25(35-3)26(17-20)36-4/h7-12,17-18H,5-6,13-16,19H2,1-4H3. The summed E-state index contributed by atoms with van der Waals surface area (Å²) in [5.74, 6) is 1.36. The van der Waals surface area contributed by atoms with Gasteiger partial charge in [0.15, 0.2) is 11.5 Å². The Bertz CT molecular complexity index is 1230. The van der Waals surface area contributed by atoms with E-state index < -0.39 is 0 Å². The number of nitrogens with zero attached hydrogens (tertiary/aromatic N) is 4. The number of fused-ring (bicyclic) bond motifs is 1. The molecule has 1 aromatic heterocycles. The zero-order valence-electron chi connectivity index (χ0n) is 21.5. The first kappa shape index (κ1) is 25.4. The molecule has 1 aliphatic rings. The van der Waals surface area contributed by atoms with Gasteiger partial charge < -0.3 is 19.3 Å². The Labute approximate surface area is 212 Å². The van der Waals surface area contributed by atoms with Gasteiger partial charge in [-0.05, 0) is 44.2 Å². The van der Waals surface area contributed by atoms with Crippen LogP contribution in [0.2, 0.25) is 0 Å². The first-order chi connectivity index (χ1) is 17.5. The molecule has 2 heterocycles. The number of pyridine rings is 1. The smallest absolute Gasteiger partial charge is 0.254 e. The van der Waals surface area contributed by atoms with Gasteiger partial charge >= 0.3 is 0 Å². The average molecular weight is 491 g/mol. The van der Waals surface area contributed by atoms with Crippen LogP contribution in [0.25, 0.3) is 22.2 Å². The number of para-hydroxylation sites is 1. The summed E-state index contributed by atoms with van der Waals surface area (Å²) < 4.78 is 10.8. The molecule has 1 fully saturated rings. The normalized spacial score (nSPS) is 14.1. The highest BCUT2D eigenvalue weighted by molar-refractivity contribution is 6.07. The molecular weight excluding hydrogens is 456 g/mol. The number of likely N-dealkylation sites (N-methyl/N-ethyl adjacent to an activating group) is 1. The van der Waals surface area contributed by atoms with Gasteiger partial charge in [-0.25, -0.2) is 4.98 Å². The number of rotatable bonds is 8. The highest BCUT2D eigenvalue weighted by Crippen LogP contribution is 2.33. The molecule has 0 atom stereocenters. The predicted octanol–water partition coefficient (Wildman–Crippen LogP) is 3.55. The third-order valence-electron chi connectivity index (χ3n) is 6.76. The number of carbonyl (C=O) groups excluding carboxylic acids is 2. The molecule has 36 heavy (non-hydrogen) atoms. The zero-order chi connectivity index (χ0) is 25.7. The van der Waals surface area contributed by atoms with E-state index in [1.54, 1.807) is 14.2 Å². The summed E-state index contributed by atoms with van der Waals surface area (Å²) in [6, 6.07) is 15.2. The van der Waals surface area contributed by atoms with E-state index in [2.05, 4.69) is 4.90 Å². The molecule has 8 heteroatoms. The number of ether oxygens (including phenoxy) is 2. The molecule has 0 saturated carbocycles. The van der Waals surface area contributed by atoms with Crippen LogP contribution in [0.5, 0.6) is 11.5 Å². The van der Waals surface area contributed by atoms with Gasteiger partial charge in [0.1, 0.15) is 0 Å². The summed E-state index contributed by atoms with van der Waals surface area (Å²) in [5, 5.41) is 0.825. The van der Waals surface area contributed by atoms with E-state index in [1.807, 2.05) is 72.2 Å². The van der Waals surface area contributed by atoms with Crippen LogP contribution in [0.15, 0.2) is 48.5 Å². The van der Waals surface area contributed by atoms with Crippen molar-refractivity contribution in [3.8, 4) is 22.8 Å². The molecule has 0 spiro atoms. The Morgan fingerprint density at radius 2 is 1.61 bits per heavy atom. The van der Waals surface area contributed by atoms with Gasteiger partial charge in [0, 0.05) is 50.2 Å². The third-order valence-corrected chi connectivity index (χ3v) is 6.76. The molecule has 1 aliphatic heterocycles. The van der Waals surface area contributed by atoms with Crippen LogP contribution in [0.1, 0.15) is 24.2 Å². The molecule has 3 aromatic rings. The van der Waals surface area contributed by atoms with Gasteiger partial charge in [-0.1, -0.05) is 18.2 Å². The topological polar surface area (TPSA) is 75.2 Å². The number of methoxy groups -OCH3 is 2. The largest absolute Gasteiger partial charge is 0.493 e. The third kappa shape index (κ3) is 5.28. The first-order valence-corrected chi connectivity index (χ1v) is 12.4. The van der Waals surface area contributed by atoms with Crippen LogP contribution in [0, 0.1) is 0 Å². The van der Waals surface area contributed by atoms with Crippen molar-refractivity contribution in [3.63, 3.8) is 0 Å². The van der Waals surface area contributed by atoms with Crippen molar-refractivity contribution in [2.75, 3.05) is 60.0 Å². The fourth-order valence-corrected chi connectivity index (χ4v) is 4.64. The molecule has 0 radical (unpaired) electrons. The van der Waals surface area contributed by atoms with Crippen molar-refractivity contribution in [1.29, 1.82) is 0 Å². The molecule has 0 unspecified atom stereocenters. The van der Waals surface area contributed by atoms with Crippen molar-refractivity contribution in [1.82, 2.24) is 19.7 Å². The summed E-state index contributed by atoms with van der Waals surface area (Å²) in [6.07, 6.45) is 0. The fraction of sp³-hybridized carbons (Fsp3) is 0.393. The molecule has 190 valence electrons. The number of benzene rings is 2. The molecule has 8 nitrogen and oxygen atoms in total. The Balaban J connectivity index is 1.57. The second kappa shape index (κ2) is 11.4. The van der Waals surface area contributed by atoms with E-state index in [9.17, 15) is 9.59 Å². The highest BCUT2D eigenvalue weighted by atomic mass is 16.5. The van der Waals surface area contributed by atoms with Crippen molar-refractivity contribution in [3.05, 3.63) is 54.1 Å². The van der Waals surface area contributed by atoms with Crippen molar-refractivity contribution in [2.45, 2.75) is 13.8 Å². The number of piperazine rings is 1. The number of hydrogen-bond donors (Lipinski definition) is 0. The molecule has 4 rings (SSSR count). The Morgan fingerprint density at radius 1 is 0.917 bits per heavy atom. The van der Waals surface area contributed by atoms with Crippen molar-refractivity contribution >= 4 is 22.7 Å². The summed E-state index contributed by atoms with van der Waals surface area (Å²) in [6.45, 7) is 8.30. The Morgan fingerprint density at radius 3 is 2.28 bits per heavy atom. The predicted molar refractivity (Wildman–Crippen MR) is 141 cm³/mol. The summed E-state index contributed by atoms with van der Waals surface area (Å²) in [4.78, 5) is 36.9. The van der Waals surface area contributed by atoms with Gasteiger partial charge in [0.25, 0.3) is 5.91 Å². The van der Waals surface area contributed by atoms with Crippen molar-refractivity contribution < 1.29 is 19.1 Å². The number of hydrogen-bond acceptors (Lipinski definition) is 6. The summed E-state index contributed by atoms with van der Waals surface area (Å²) in [7, 11) is 3.20. The Hall–Kier alpha value is -3.65. The average Bonchev–Trinajstić information content (AvgIpc) is 2.92. The van der Waals surface area contributed by atoms with Crippen molar-refractivity contribution in [2.24, 2.45) is 0 Å².